The molecule has 0 radical (unpaired) electrons. The lowest BCUT2D eigenvalue weighted by atomic mass is 10.3. The highest BCUT2D eigenvalue weighted by Gasteiger charge is 2.28. The van der Waals surface area contributed by atoms with Gasteiger partial charge in [-0.15, -0.1) is 0 Å². The average Bonchev–Trinajstić information content (AvgIpc) is 2.96. The predicted molar refractivity (Wildman–Crippen MR) is 79.4 cm³/mol. The van der Waals surface area contributed by atoms with E-state index in [1.165, 1.54) is 36.6 Å². The minimum absolute atomic E-state index is 0.0378. The Balaban J connectivity index is 2.08. The van der Waals surface area contributed by atoms with E-state index in [0.29, 0.717) is 5.76 Å². The van der Waals surface area contributed by atoms with Crippen LogP contribution < -0.4 is 10.1 Å². The number of halogens is 4. The fourth-order valence-corrected chi connectivity index (χ4v) is 1.78. The first kappa shape index (κ1) is 17.0. The molecule has 8 heteroatoms. The first-order valence-electron chi connectivity index (χ1n) is 6.35. The highest BCUT2D eigenvalue weighted by Crippen LogP contribution is 2.29. The molecule has 0 aliphatic rings. The summed E-state index contributed by atoms with van der Waals surface area (Å²) in [5.74, 6) is -0.244. The number of furan rings is 1. The molecule has 0 spiro atoms. The van der Waals surface area contributed by atoms with Crippen molar-refractivity contribution < 1.29 is 27.1 Å². The van der Waals surface area contributed by atoms with E-state index >= 15 is 0 Å². The Morgan fingerprint density at radius 3 is 2.78 bits per heavy atom. The van der Waals surface area contributed by atoms with Crippen molar-refractivity contribution in [2.45, 2.75) is 6.18 Å². The molecule has 1 amide bonds. The number of anilines is 1. The third-order valence-corrected chi connectivity index (χ3v) is 2.77. The van der Waals surface area contributed by atoms with E-state index in [0.717, 1.165) is 0 Å². The highest BCUT2D eigenvalue weighted by molar-refractivity contribution is 6.31. The summed E-state index contributed by atoms with van der Waals surface area (Å²) in [4.78, 5) is 11.8. The van der Waals surface area contributed by atoms with Crippen molar-refractivity contribution >= 4 is 29.3 Å². The van der Waals surface area contributed by atoms with Gasteiger partial charge in [0.1, 0.15) is 11.5 Å². The fraction of sp³-hybridized carbons (Fsp3) is 0.133. The van der Waals surface area contributed by atoms with Gasteiger partial charge in [0.05, 0.1) is 12.0 Å². The van der Waals surface area contributed by atoms with Gasteiger partial charge in [0.15, 0.2) is 6.61 Å². The van der Waals surface area contributed by atoms with E-state index in [1.54, 1.807) is 12.1 Å². The predicted octanol–water partition coefficient (Wildman–Crippen LogP) is 4.53. The van der Waals surface area contributed by atoms with Crippen LogP contribution in [0.2, 0.25) is 5.02 Å². The number of hydrogen-bond acceptors (Lipinski definition) is 3. The number of carbonyl (C=O) groups is 1. The van der Waals surface area contributed by atoms with Crippen LogP contribution >= 0.6 is 11.6 Å². The molecule has 0 saturated heterocycles. The summed E-state index contributed by atoms with van der Waals surface area (Å²) in [5, 5.41) is 2.65. The quantitative estimate of drug-likeness (QED) is 0.810. The lowest BCUT2D eigenvalue weighted by Crippen LogP contribution is -2.20. The standard InChI is InChI=1S/C15H11ClF3NO3/c16-10-3-5-13(23-9-15(17,18)19)12(8-10)20-14(21)6-4-11-2-1-7-22-11/h1-8H,9H2,(H,20,21)/b6-4+. The van der Waals surface area contributed by atoms with Gasteiger partial charge in [-0.1, -0.05) is 11.6 Å². The molecule has 1 aromatic carbocycles. The molecular formula is C15H11ClF3NO3. The number of amides is 1. The van der Waals surface area contributed by atoms with Crippen molar-refractivity contribution in [3.8, 4) is 5.75 Å². The second kappa shape index (κ2) is 7.23. The smallest absolute Gasteiger partial charge is 0.422 e. The molecule has 2 aromatic rings. The summed E-state index contributed by atoms with van der Waals surface area (Å²) in [7, 11) is 0. The topological polar surface area (TPSA) is 51.5 Å². The second-order valence-corrected chi connectivity index (χ2v) is 4.82. The normalized spacial score (nSPS) is 11.7. The fourth-order valence-electron chi connectivity index (χ4n) is 1.60. The molecule has 0 aliphatic carbocycles. The summed E-state index contributed by atoms with van der Waals surface area (Å²) in [6, 6.07) is 7.20. The Morgan fingerprint density at radius 2 is 2.13 bits per heavy atom. The Kier molecular flexibility index (Phi) is 5.33. The number of hydrogen-bond donors (Lipinski definition) is 1. The van der Waals surface area contributed by atoms with E-state index in [2.05, 4.69) is 10.1 Å². The Hall–Kier alpha value is -2.41. The molecule has 0 atom stereocenters. The molecule has 0 saturated carbocycles. The van der Waals surface area contributed by atoms with Gasteiger partial charge < -0.3 is 14.5 Å². The molecule has 0 fully saturated rings. The summed E-state index contributed by atoms with van der Waals surface area (Å²) >= 11 is 5.79. The molecule has 0 aliphatic heterocycles. The second-order valence-electron chi connectivity index (χ2n) is 4.38. The minimum Gasteiger partial charge on any atom is -0.482 e. The summed E-state index contributed by atoms with van der Waals surface area (Å²) in [6.07, 6.45) is -0.457. The van der Waals surface area contributed by atoms with Crippen molar-refractivity contribution in [1.29, 1.82) is 0 Å². The van der Waals surface area contributed by atoms with Gasteiger partial charge in [-0.3, -0.25) is 4.79 Å². The molecule has 2 rings (SSSR count). The number of alkyl halides is 3. The van der Waals surface area contributed by atoms with Gasteiger partial charge in [0.2, 0.25) is 5.91 Å². The maximum Gasteiger partial charge on any atom is 0.422 e. The van der Waals surface area contributed by atoms with Gasteiger partial charge >= 0.3 is 6.18 Å². The van der Waals surface area contributed by atoms with Crippen molar-refractivity contribution in [3.05, 3.63) is 53.5 Å². The Bertz CT molecular complexity index is 696. The van der Waals surface area contributed by atoms with Crippen LogP contribution in [-0.4, -0.2) is 18.7 Å². The number of rotatable bonds is 5. The average molecular weight is 346 g/mol. The summed E-state index contributed by atoms with van der Waals surface area (Å²) in [5.41, 5.74) is 0.0378. The van der Waals surface area contributed by atoms with E-state index in [4.69, 9.17) is 16.0 Å². The van der Waals surface area contributed by atoms with E-state index in [1.807, 2.05) is 0 Å². The molecule has 4 nitrogen and oxygen atoms in total. The first-order chi connectivity index (χ1) is 10.8. The minimum atomic E-state index is -4.49. The highest BCUT2D eigenvalue weighted by atomic mass is 35.5. The zero-order valence-electron chi connectivity index (χ0n) is 11.6. The molecule has 122 valence electrons. The summed E-state index contributed by atoms with van der Waals surface area (Å²) < 4.78 is 46.4. The van der Waals surface area contributed by atoms with Crippen LogP contribution in [0.5, 0.6) is 5.75 Å². The van der Waals surface area contributed by atoms with Crippen molar-refractivity contribution in [2.24, 2.45) is 0 Å². The largest absolute Gasteiger partial charge is 0.482 e. The Labute approximate surface area is 134 Å². The maximum absolute atomic E-state index is 12.2. The monoisotopic (exact) mass is 345 g/mol. The van der Waals surface area contributed by atoms with Crippen LogP contribution in [0.3, 0.4) is 0 Å². The third-order valence-electron chi connectivity index (χ3n) is 2.53. The number of nitrogens with one attached hydrogen (secondary N) is 1. The number of benzene rings is 1. The lowest BCUT2D eigenvalue weighted by Gasteiger charge is -2.13. The van der Waals surface area contributed by atoms with Gasteiger partial charge in [-0.05, 0) is 36.4 Å². The third kappa shape index (κ3) is 5.71. The van der Waals surface area contributed by atoms with Gasteiger partial charge in [-0.25, -0.2) is 0 Å². The van der Waals surface area contributed by atoms with Gasteiger partial charge in [-0.2, -0.15) is 13.2 Å². The van der Waals surface area contributed by atoms with Crippen LogP contribution in [0.1, 0.15) is 5.76 Å². The van der Waals surface area contributed by atoms with Crippen molar-refractivity contribution in [1.82, 2.24) is 0 Å². The van der Waals surface area contributed by atoms with Crippen LogP contribution in [0.25, 0.3) is 6.08 Å². The van der Waals surface area contributed by atoms with Crippen LogP contribution in [-0.2, 0) is 4.79 Å². The zero-order valence-corrected chi connectivity index (χ0v) is 12.3. The number of carbonyl (C=O) groups excluding carboxylic acids is 1. The molecule has 0 bridgehead atoms. The summed E-state index contributed by atoms with van der Waals surface area (Å²) in [6.45, 7) is -1.47. The zero-order chi connectivity index (χ0) is 16.9. The molecule has 23 heavy (non-hydrogen) atoms. The molecule has 0 unspecified atom stereocenters. The molecule has 1 aromatic heterocycles. The van der Waals surface area contributed by atoms with Gasteiger partial charge in [0.25, 0.3) is 0 Å². The molecule has 1 heterocycles. The van der Waals surface area contributed by atoms with Crippen LogP contribution in [0, 0.1) is 0 Å². The van der Waals surface area contributed by atoms with E-state index in [-0.39, 0.29) is 16.5 Å². The Morgan fingerprint density at radius 1 is 1.35 bits per heavy atom. The lowest BCUT2D eigenvalue weighted by molar-refractivity contribution is -0.153. The van der Waals surface area contributed by atoms with Crippen molar-refractivity contribution in [2.75, 3.05) is 11.9 Å². The first-order valence-corrected chi connectivity index (χ1v) is 6.73. The van der Waals surface area contributed by atoms with Gasteiger partial charge in [0, 0.05) is 11.1 Å². The molecule has 1 N–H and O–H groups in total. The number of ether oxygens (including phenoxy) is 1. The van der Waals surface area contributed by atoms with Crippen LogP contribution in [0.4, 0.5) is 18.9 Å². The van der Waals surface area contributed by atoms with E-state index in [9.17, 15) is 18.0 Å². The van der Waals surface area contributed by atoms with Crippen molar-refractivity contribution in [3.63, 3.8) is 0 Å². The van der Waals surface area contributed by atoms with Crippen LogP contribution in [0.15, 0.2) is 47.1 Å². The SMILES string of the molecule is O=C(/C=C/c1ccco1)Nc1cc(Cl)ccc1OCC(F)(F)F. The maximum atomic E-state index is 12.2. The van der Waals surface area contributed by atoms with E-state index < -0.39 is 18.7 Å². The molecular weight excluding hydrogens is 335 g/mol.